The third kappa shape index (κ3) is 2.28. The summed E-state index contributed by atoms with van der Waals surface area (Å²) in [5, 5.41) is 5.65. The van der Waals surface area contributed by atoms with Crippen molar-refractivity contribution in [3.63, 3.8) is 0 Å². The molecule has 0 radical (unpaired) electrons. The largest absolute Gasteiger partial charge is 0.493 e. The maximum Gasteiger partial charge on any atom is 0.122 e. The van der Waals surface area contributed by atoms with E-state index >= 15 is 0 Å². The number of hydrogen-bond donors (Lipinski definition) is 1. The van der Waals surface area contributed by atoms with Gasteiger partial charge in [-0.25, -0.2) is 0 Å². The maximum absolute atomic E-state index is 5.58. The van der Waals surface area contributed by atoms with Gasteiger partial charge in [-0.1, -0.05) is 19.1 Å². The first-order valence-electron chi connectivity index (χ1n) is 6.82. The van der Waals surface area contributed by atoms with Gasteiger partial charge in [0.1, 0.15) is 5.75 Å². The molecule has 0 amide bonds. The smallest absolute Gasteiger partial charge is 0.122 e. The van der Waals surface area contributed by atoms with Crippen molar-refractivity contribution in [2.75, 3.05) is 13.7 Å². The Hall–Kier alpha value is -1.32. The van der Waals surface area contributed by atoms with Crippen LogP contribution in [0.3, 0.4) is 0 Å². The molecule has 2 aromatic rings. The molecule has 2 heterocycles. The summed E-state index contributed by atoms with van der Waals surface area (Å²) in [6.07, 6.45) is 2.12. The van der Waals surface area contributed by atoms with Crippen LogP contribution in [0.2, 0.25) is 0 Å². The Morgan fingerprint density at radius 1 is 1.37 bits per heavy atom. The van der Waals surface area contributed by atoms with E-state index < -0.39 is 0 Å². The number of fused-ring (bicyclic) bond motifs is 1. The third-order valence-corrected chi connectivity index (χ3v) is 4.78. The van der Waals surface area contributed by atoms with E-state index in [1.807, 2.05) is 18.4 Å². The predicted octanol–water partition coefficient (Wildman–Crippen LogP) is 3.55. The van der Waals surface area contributed by atoms with Gasteiger partial charge in [-0.3, -0.25) is 0 Å². The second-order valence-electron chi connectivity index (χ2n) is 4.85. The fourth-order valence-electron chi connectivity index (χ4n) is 2.73. The van der Waals surface area contributed by atoms with Gasteiger partial charge in [-0.15, -0.1) is 11.3 Å². The van der Waals surface area contributed by atoms with Crippen molar-refractivity contribution in [1.82, 2.24) is 5.32 Å². The Balaban J connectivity index is 1.98. The zero-order chi connectivity index (χ0) is 13.2. The second kappa shape index (κ2) is 5.35. The highest BCUT2D eigenvalue weighted by atomic mass is 32.1. The van der Waals surface area contributed by atoms with E-state index in [-0.39, 0.29) is 0 Å². The lowest BCUT2D eigenvalue weighted by Gasteiger charge is -2.18. The molecule has 1 unspecified atom stereocenters. The molecule has 1 atom stereocenters. The summed E-state index contributed by atoms with van der Waals surface area (Å²) >= 11 is 1.84. The lowest BCUT2D eigenvalue weighted by molar-refractivity contribution is 0.357. The zero-order valence-electron chi connectivity index (χ0n) is 11.4. The molecule has 3 rings (SSSR count). The van der Waals surface area contributed by atoms with Crippen LogP contribution >= 0.6 is 11.3 Å². The standard InChI is InChI=1S/C16H19NOS/c1-3-11-7-9-19-16(11)15(17-2)13-4-5-14-12(10-13)6-8-18-14/h4-5,7,9-10,15,17H,3,6,8H2,1-2H3. The van der Waals surface area contributed by atoms with Crippen molar-refractivity contribution in [3.8, 4) is 5.75 Å². The molecule has 0 fully saturated rings. The molecule has 100 valence electrons. The summed E-state index contributed by atoms with van der Waals surface area (Å²) < 4.78 is 5.58. The first kappa shape index (κ1) is 12.7. The normalized spacial score (nSPS) is 15.1. The van der Waals surface area contributed by atoms with Crippen LogP contribution in [0, 0.1) is 0 Å². The fourth-order valence-corrected chi connectivity index (χ4v) is 3.86. The first-order valence-corrected chi connectivity index (χ1v) is 7.70. The maximum atomic E-state index is 5.58. The number of thiophene rings is 1. The third-order valence-electron chi connectivity index (χ3n) is 3.76. The van der Waals surface area contributed by atoms with Crippen molar-refractivity contribution in [1.29, 1.82) is 0 Å². The summed E-state index contributed by atoms with van der Waals surface area (Å²) in [7, 11) is 2.04. The van der Waals surface area contributed by atoms with Crippen molar-refractivity contribution < 1.29 is 4.74 Å². The van der Waals surface area contributed by atoms with E-state index in [0.717, 1.165) is 25.2 Å². The van der Waals surface area contributed by atoms with Gasteiger partial charge in [0.2, 0.25) is 0 Å². The van der Waals surface area contributed by atoms with E-state index in [4.69, 9.17) is 4.74 Å². The molecule has 0 saturated heterocycles. The van der Waals surface area contributed by atoms with Crippen molar-refractivity contribution >= 4 is 11.3 Å². The molecule has 0 saturated carbocycles. The van der Waals surface area contributed by atoms with Crippen LogP contribution in [-0.4, -0.2) is 13.7 Å². The molecular formula is C16H19NOS. The first-order chi connectivity index (χ1) is 9.33. The van der Waals surface area contributed by atoms with E-state index in [1.165, 1.54) is 21.6 Å². The molecule has 19 heavy (non-hydrogen) atoms. The molecule has 2 nitrogen and oxygen atoms in total. The van der Waals surface area contributed by atoms with Gasteiger partial charge in [0, 0.05) is 11.3 Å². The van der Waals surface area contributed by atoms with Gasteiger partial charge in [-0.05, 0) is 47.7 Å². The minimum atomic E-state index is 0.292. The number of nitrogens with one attached hydrogen (secondary N) is 1. The number of hydrogen-bond acceptors (Lipinski definition) is 3. The van der Waals surface area contributed by atoms with Crippen LogP contribution in [0.4, 0.5) is 0 Å². The van der Waals surface area contributed by atoms with Crippen LogP contribution in [0.1, 0.15) is 34.5 Å². The van der Waals surface area contributed by atoms with Gasteiger partial charge in [-0.2, -0.15) is 0 Å². The minimum absolute atomic E-state index is 0.292. The SMILES string of the molecule is CCc1ccsc1C(NC)c1ccc2c(c1)CCO2. The van der Waals surface area contributed by atoms with Crippen LogP contribution in [-0.2, 0) is 12.8 Å². The highest BCUT2D eigenvalue weighted by molar-refractivity contribution is 7.10. The van der Waals surface area contributed by atoms with E-state index in [2.05, 4.69) is 41.9 Å². The van der Waals surface area contributed by atoms with Crippen molar-refractivity contribution in [2.24, 2.45) is 0 Å². The highest BCUT2D eigenvalue weighted by Crippen LogP contribution is 2.33. The molecule has 1 aromatic heterocycles. The molecule has 1 N–H and O–H groups in total. The lowest BCUT2D eigenvalue weighted by atomic mass is 9.99. The number of aryl methyl sites for hydroxylation is 1. The summed E-state index contributed by atoms with van der Waals surface area (Å²) in [5.41, 5.74) is 4.12. The molecule has 1 aromatic carbocycles. The number of ether oxygens (including phenoxy) is 1. The summed E-state index contributed by atoms with van der Waals surface area (Å²) in [5.74, 6) is 1.06. The van der Waals surface area contributed by atoms with Crippen molar-refractivity contribution in [3.05, 3.63) is 51.2 Å². The molecule has 0 bridgehead atoms. The zero-order valence-corrected chi connectivity index (χ0v) is 12.2. The summed E-state index contributed by atoms with van der Waals surface area (Å²) in [4.78, 5) is 1.43. The molecule has 1 aliphatic heterocycles. The second-order valence-corrected chi connectivity index (χ2v) is 5.80. The number of benzene rings is 1. The quantitative estimate of drug-likeness (QED) is 0.919. The monoisotopic (exact) mass is 273 g/mol. The average Bonchev–Trinajstić information content (AvgIpc) is 3.07. The molecule has 3 heteroatoms. The Bertz CT molecular complexity index is 576. The Labute approximate surface area is 118 Å². The van der Waals surface area contributed by atoms with Crippen LogP contribution in [0.5, 0.6) is 5.75 Å². The summed E-state index contributed by atoms with van der Waals surface area (Å²) in [6.45, 7) is 3.04. The van der Waals surface area contributed by atoms with E-state index in [9.17, 15) is 0 Å². The van der Waals surface area contributed by atoms with Crippen LogP contribution in [0.15, 0.2) is 29.6 Å². The van der Waals surface area contributed by atoms with Gasteiger partial charge in [0.05, 0.1) is 12.6 Å². The van der Waals surface area contributed by atoms with Gasteiger partial charge < -0.3 is 10.1 Å². The van der Waals surface area contributed by atoms with Crippen LogP contribution < -0.4 is 10.1 Å². The Morgan fingerprint density at radius 3 is 3.05 bits per heavy atom. The van der Waals surface area contributed by atoms with E-state index in [1.54, 1.807) is 0 Å². The Morgan fingerprint density at radius 2 is 2.26 bits per heavy atom. The van der Waals surface area contributed by atoms with Gasteiger partial charge in [0.25, 0.3) is 0 Å². The molecular weight excluding hydrogens is 254 g/mol. The summed E-state index contributed by atoms with van der Waals surface area (Å²) in [6, 6.07) is 9.12. The topological polar surface area (TPSA) is 21.3 Å². The molecule has 1 aliphatic rings. The lowest BCUT2D eigenvalue weighted by Crippen LogP contribution is -2.17. The Kier molecular flexibility index (Phi) is 3.58. The average molecular weight is 273 g/mol. The van der Waals surface area contributed by atoms with Crippen LogP contribution in [0.25, 0.3) is 0 Å². The van der Waals surface area contributed by atoms with E-state index in [0.29, 0.717) is 6.04 Å². The number of rotatable bonds is 4. The van der Waals surface area contributed by atoms with Gasteiger partial charge in [0.15, 0.2) is 0 Å². The molecule has 0 aliphatic carbocycles. The predicted molar refractivity (Wildman–Crippen MR) is 80.2 cm³/mol. The molecule has 0 spiro atoms. The highest BCUT2D eigenvalue weighted by Gasteiger charge is 2.19. The minimum Gasteiger partial charge on any atom is -0.493 e. The van der Waals surface area contributed by atoms with Crippen molar-refractivity contribution in [2.45, 2.75) is 25.8 Å². The fraction of sp³-hybridized carbons (Fsp3) is 0.375. The van der Waals surface area contributed by atoms with Gasteiger partial charge >= 0.3 is 0 Å².